The molecule has 0 saturated carbocycles. The highest BCUT2D eigenvalue weighted by Crippen LogP contribution is 2.33. The molecular formula is C18H18N4S. The predicted octanol–water partition coefficient (Wildman–Crippen LogP) is 4.39. The summed E-state index contributed by atoms with van der Waals surface area (Å²) in [6.45, 7) is 7.90. The van der Waals surface area contributed by atoms with Crippen LogP contribution in [0.1, 0.15) is 11.3 Å². The van der Waals surface area contributed by atoms with Crippen LogP contribution in [0.25, 0.3) is 11.3 Å². The van der Waals surface area contributed by atoms with Crippen LogP contribution in [0.15, 0.2) is 60.4 Å². The lowest BCUT2D eigenvalue weighted by atomic mass is 10.2. The highest BCUT2D eigenvalue weighted by atomic mass is 32.1. The average Bonchev–Trinajstić information content (AvgIpc) is 2.99. The molecule has 23 heavy (non-hydrogen) atoms. The number of rotatable bonds is 4. The quantitative estimate of drug-likeness (QED) is 0.774. The van der Waals surface area contributed by atoms with E-state index in [1.807, 2.05) is 59.8 Å². The van der Waals surface area contributed by atoms with Gasteiger partial charge >= 0.3 is 0 Å². The molecule has 0 bridgehead atoms. The molecule has 3 rings (SSSR count). The molecule has 116 valence electrons. The van der Waals surface area contributed by atoms with Gasteiger partial charge in [0.15, 0.2) is 5.13 Å². The van der Waals surface area contributed by atoms with E-state index in [4.69, 9.17) is 10.7 Å². The van der Waals surface area contributed by atoms with Gasteiger partial charge in [0, 0.05) is 28.5 Å². The molecule has 0 aliphatic heterocycles. The monoisotopic (exact) mass is 322 g/mol. The number of aromatic nitrogens is 2. The summed E-state index contributed by atoms with van der Waals surface area (Å²) in [6, 6.07) is 12.1. The van der Waals surface area contributed by atoms with Crippen molar-refractivity contribution in [3.8, 4) is 11.3 Å². The number of nitrogens with zero attached hydrogens (tertiary/aromatic N) is 3. The van der Waals surface area contributed by atoms with Crippen molar-refractivity contribution >= 4 is 22.2 Å². The van der Waals surface area contributed by atoms with Gasteiger partial charge in [-0.05, 0) is 38.1 Å². The summed E-state index contributed by atoms with van der Waals surface area (Å²) in [4.78, 5) is 10.9. The van der Waals surface area contributed by atoms with Gasteiger partial charge in [-0.15, -0.1) is 11.3 Å². The van der Waals surface area contributed by atoms with Crippen LogP contribution in [-0.2, 0) is 0 Å². The average molecular weight is 322 g/mol. The van der Waals surface area contributed by atoms with Crippen LogP contribution >= 0.6 is 11.3 Å². The molecule has 2 N–H and O–H groups in total. The number of nitrogens with two attached hydrogens (primary N) is 1. The molecule has 2 aromatic heterocycles. The van der Waals surface area contributed by atoms with Crippen LogP contribution in [0.3, 0.4) is 0 Å². The normalized spacial score (nSPS) is 10.5. The SMILES string of the molecule is C=C(N)N(c1ccc(C)cc1)c1nc(-c2ccc(C)nc2)cs1. The van der Waals surface area contributed by atoms with Crippen LogP contribution in [0, 0.1) is 13.8 Å². The van der Waals surface area contributed by atoms with E-state index in [0.717, 1.165) is 27.8 Å². The second-order valence-electron chi connectivity index (χ2n) is 5.37. The first kappa shape index (κ1) is 15.2. The Morgan fingerprint density at radius 2 is 1.87 bits per heavy atom. The van der Waals surface area contributed by atoms with Crippen LogP contribution in [-0.4, -0.2) is 9.97 Å². The fraction of sp³-hybridized carbons (Fsp3) is 0.111. The van der Waals surface area contributed by atoms with Crippen LogP contribution in [0.2, 0.25) is 0 Å². The molecule has 0 saturated heterocycles. The highest BCUT2D eigenvalue weighted by Gasteiger charge is 2.15. The third-order valence-corrected chi connectivity index (χ3v) is 4.30. The molecule has 2 heterocycles. The van der Waals surface area contributed by atoms with E-state index >= 15 is 0 Å². The lowest BCUT2D eigenvalue weighted by molar-refractivity contribution is 1.11. The number of hydrogen-bond donors (Lipinski definition) is 1. The second kappa shape index (κ2) is 6.22. The Morgan fingerprint density at radius 1 is 1.13 bits per heavy atom. The summed E-state index contributed by atoms with van der Waals surface area (Å²) < 4.78 is 0. The van der Waals surface area contributed by atoms with Crippen molar-refractivity contribution in [3.05, 3.63) is 71.6 Å². The van der Waals surface area contributed by atoms with E-state index < -0.39 is 0 Å². The number of pyridine rings is 1. The third-order valence-electron chi connectivity index (χ3n) is 3.47. The lowest BCUT2D eigenvalue weighted by Gasteiger charge is -2.21. The van der Waals surface area contributed by atoms with Gasteiger partial charge in [0.05, 0.1) is 5.69 Å². The van der Waals surface area contributed by atoms with Gasteiger partial charge in [0.1, 0.15) is 5.82 Å². The zero-order valence-corrected chi connectivity index (χ0v) is 14.0. The maximum atomic E-state index is 5.99. The molecular weight excluding hydrogens is 304 g/mol. The van der Waals surface area contributed by atoms with Crippen molar-refractivity contribution < 1.29 is 0 Å². The van der Waals surface area contributed by atoms with Gasteiger partial charge in [-0.2, -0.15) is 0 Å². The first-order chi connectivity index (χ1) is 11.0. The number of aryl methyl sites for hydroxylation is 2. The van der Waals surface area contributed by atoms with Crippen LogP contribution in [0.5, 0.6) is 0 Å². The molecule has 0 aliphatic carbocycles. The first-order valence-electron chi connectivity index (χ1n) is 7.24. The van der Waals surface area contributed by atoms with Gasteiger partial charge < -0.3 is 5.73 Å². The van der Waals surface area contributed by atoms with Gasteiger partial charge in [0.25, 0.3) is 0 Å². The summed E-state index contributed by atoms with van der Waals surface area (Å²) in [5.74, 6) is 0.441. The minimum Gasteiger partial charge on any atom is -0.385 e. The standard InChI is InChI=1S/C18H18N4S/c1-12-4-8-16(9-5-12)22(14(3)19)18-21-17(11-23-18)15-7-6-13(2)20-10-15/h4-11H,3,19H2,1-2H3. The third kappa shape index (κ3) is 3.24. The molecule has 5 heteroatoms. The highest BCUT2D eigenvalue weighted by molar-refractivity contribution is 7.14. The van der Waals surface area contributed by atoms with E-state index in [1.165, 1.54) is 16.9 Å². The van der Waals surface area contributed by atoms with Gasteiger partial charge in [-0.3, -0.25) is 9.88 Å². The van der Waals surface area contributed by atoms with Crippen molar-refractivity contribution in [1.82, 2.24) is 9.97 Å². The van der Waals surface area contributed by atoms with Gasteiger partial charge in [0.2, 0.25) is 0 Å². The Hall–Kier alpha value is -2.66. The molecule has 1 aromatic carbocycles. The zero-order chi connectivity index (χ0) is 16.4. The van der Waals surface area contributed by atoms with Crippen molar-refractivity contribution in [2.45, 2.75) is 13.8 Å². The summed E-state index contributed by atoms with van der Waals surface area (Å²) in [5.41, 5.74) is 11.0. The lowest BCUT2D eigenvalue weighted by Crippen LogP contribution is -2.21. The van der Waals surface area contributed by atoms with E-state index in [1.54, 1.807) is 0 Å². The Kier molecular flexibility index (Phi) is 4.12. The van der Waals surface area contributed by atoms with Crippen molar-refractivity contribution in [1.29, 1.82) is 0 Å². The summed E-state index contributed by atoms with van der Waals surface area (Å²) >= 11 is 1.53. The molecule has 0 radical (unpaired) electrons. The maximum Gasteiger partial charge on any atom is 0.196 e. The minimum atomic E-state index is 0.441. The molecule has 3 aromatic rings. The van der Waals surface area contributed by atoms with Crippen molar-refractivity contribution in [2.24, 2.45) is 5.73 Å². The van der Waals surface area contributed by atoms with Crippen molar-refractivity contribution in [2.75, 3.05) is 4.90 Å². The summed E-state index contributed by atoms with van der Waals surface area (Å²) in [5, 5.41) is 2.79. The molecule has 0 spiro atoms. The van der Waals surface area contributed by atoms with E-state index in [2.05, 4.69) is 18.5 Å². The smallest absolute Gasteiger partial charge is 0.196 e. The predicted molar refractivity (Wildman–Crippen MR) is 96.7 cm³/mol. The Bertz CT molecular complexity index is 819. The van der Waals surface area contributed by atoms with Gasteiger partial charge in [-0.25, -0.2) is 4.98 Å². The number of thiazole rings is 1. The van der Waals surface area contributed by atoms with E-state index in [0.29, 0.717) is 5.82 Å². The number of anilines is 2. The topological polar surface area (TPSA) is 55.0 Å². The fourth-order valence-electron chi connectivity index (χ4n) is 2.21. The fourth-order valence-corrected chi connectivity index (χ4v) is 3.10. The van der Waals surface area contributed by atoms with Crippen LogP contribution < -0.4 is 10.6 Å². The first-order valence-corrected chi connectivity index (χ1v) is 8.12. The molecule has 4 nitrogen and oxygen atoms in total. The van der Waals surface area contributed by atoms with Crippen molar-refractivity contribution in [3.63, 3.8) is 0 Å². The summed E-state index contributed by atoms with van der Waals surface area (Å²) in [6.07, 6.45) is 1.83. The molecule has 0 amide bonds. The number of benzene rings is 1. The molecule has 0 aliphatic rings. The minimum absolute atomic E-state index is 0.441. The second-order valence-corrected chi connectivity index (χ2v) is 6.20. The van der Waals surface area contributed by atoms with Crippen LogP contribution in [0.4, 0.5) is 10.8 Å². The summed E-state index contributed by atoms with van der Waals surface area (Å²) in [7, 11) is 0. The Morgan fingerprint density at radius 3 is 2.48 bits per heavy atom. The van der Waals surface area contributed by atoms with Gasteiger partial charge in [-0.1, -0.05) is 24.3 Å². The Labute approximate surface area is 139 Å². The van der Waals surface area contributed by atoms with E-state index in [-0.39, 0.29) is 0 Å². The maximum absolute atomic E-state index is 5.99. The molecule has 0 atom stereocenters. The zero-order valence-electron chi connectivity index (χ0n) is 13.2. The molecule has 0 unspecified atom stereocenters. The number of hydrogen-bond acceptors (Lipinski definition) is 5. The largest absolute Gasteiger partial charge is 0.385 e. The molecule has 0 fully saturated rings. The van der Waals surface area contributed by atoms with E-state index in [9.17, 15) is 0 Å². The Balaban J connectivity index is 1.97.